The second-order valence-electron chi connectivity index (χ2n) is 7.18. The number of hydrogen-bond acceptors (Lipinski definition) is 4. The SMILES string of the molecule is CN(C)Cc1nnc([C@@H]2CCCN(C/C=C/c3ccccc3)C2)n1C. The summed E-state index contributed by atoms with van der Waals surface area (Å²) >= 11 is 0. The summed E-state index contributed by atoms with van der Waals surface area (Å²) in [5, 5.41) is 8.89. The van der Waals surface area contributed by atoms with Gasteiger partial charge in [-0.05, 0) is 39.0 Å². The molecule has 0 spiro atoms. The van der Waals surface area contributed by atoms with Crippen LogP contribution >= 0.6 is 0 Å². The first-order chi connectivity index (χ1) is 12.1. The van der Waals surface area contributed by atoms with Crippen LogP contribution in [0.2, 0.25) is 0 Å². The third-order valence-corrected chi connectivity index (χ3v) is 4.80. The minimum atomic E-state index is 0.479. The molecule has 0 saturated carbocycles. The molecule has 2 heterocycles. The topological polar surface area (TPSA) is 37.2 Å². The van der Waals surface area contributed by atoms with Crippen LogP contribution in [0.5, 0.6) is 0 Å². The monoisotopic (exact) mass is 339 g/mol. The van der Waals surface area contributed by atoms with Crippen LogP contribution in [-0.2, 0) is 13.6 Å². The zero-order chi connectivity index (χ0) is 17.6. The molecule has 1 aromatic heterocycles. The quantitative estimate of drug-likeness (QED) is 0.811. The first-order valence-electron chi connectivity index (χ1n) is 9.10. The van der Waals surface area contributed by atoms with Gasteiger partial charge in [0.2, 0.25) is 0 Å². The van der Waals surface area contributed by atoms with Crippen molar-refractivity contribution >= 4 is 6.08 Å². The van der Waals surface area contributed by atoms with E-state index in [4.69, 9.17) is 0 Å². The molecule has 1 fully saturated rings. The highest BCUT2D eigenvalue weighted by atomic mass is 15.3. The standard InChI is InChI=1S/C20H29N5/c1-23(2)16-19-21-22-20(24(19)3)18-12-8-14-25(15-18)13-7-11-17-9-5-4-6-10-17/h4-7,9-11,18H,8,12-16H2,1-3H3/b11-7+/t18-/m1/s1. The average Bonchev–Trinajstić information content (AvgIpc) is 2.96. The van der Waals surface area contributed by atoms with E-state index in [1.807, 2.05) is 0 Å². The fourth-order valence-electron chi connectivity index (χ4n) is 3.49. The van der Waals surface area contributed by atoms with Gasteiger partial charge in [0.15, 0.2) is 0 Å². The summed E-state index contributed by atoms with van der Waals surface area (Å²) in [5.74, 6) is 2.65. The Balaban J connectivity index is 1.59. The summed E-state index contributed by atoms with van der Waals surface area (Å²) in [6.07, 6.45) is 6.90. The summed E-state index contributed by atoms with van der Waals surface area (Å²) in [4.78, 5) is 4.66. The Labute approximate surface area is 151 Å². The lowest BCUT2D eigenvalue weighted by atomic mass is 9.97. The van der Waals surface area contributed by atoms with Crippen LogP contribution in [0.3, 0.4) is 0 Å². The van der Waals surface area contributed by atoms with Gasteiger partial charge in [-0.25, -0.2) is 0 Å². The molecule has 5 heteroatoms. The van der Waals surface area contributed by atoms with Gasteiger partial charge in [0.05, 0.1) is 6.54 Å². The minimum Gasteiger partial charge on any atom is -0.317 e. The maximum Gasteiger partial charge on any atom is 0.146 e. The lowest BCUT2D eigenvalue weighted by molar-refractivity contribution is 0.222. The van der Waals surface area contributed by atoms with Crippen molar-refractivity contribution in [3.05, 3.63) is 53.6 Å². The number of nitrogens with zero attached hydrogens (tertiary/aromatic N) is 5. The molecule has 0 amide bonds. The van der Waals surface area contributed by atoms with E-state index in [1.54, 1.807) is 0 Å². The van der Waals surface area contributed by atoms with E-state index >= 15 is 0 Å². The molecule has 0 N–H and O–H groups in total. The Kier molecular flexibility index (Phi) is 6.00. The average molecular weight is 339 g/mol. The number of rotatable bonds is 6. The van der Waals surface area contributed by atoms with E-state index < -0.39 is 0 Å². The Morgan fingerprint density at radius 3 is 2.76 bits per heavy atom. The van der Waals surface area contributed by atoms with Crippen LogP contribution < -0.4 is 0 Å². The van der Waals surface area contributed by atoms with Crippen molar-refractivity contribution in [2.75, 3.05) is 33.7 Å². The molecule has 5 nitrogen and oxygen atoms in total. The Morgan fingerprint density at radius 1 is 1.20 bits per heavy atom. The summed E-state index contributed by atoms with van der Waals surface area (Å²) in [7, 11) is 6.23. The molecule has 0 unspecified atom stereocenters. The number of aromatic nitrogens is 3. The van der Waals surface area contributed by atoms with Crippen molar-refractivity contribution in [2.45, 2.75) is 25.3 Å². The first kappa shape index (κ1) is 17.8. The van der Waals surface area contributed by atoms with Gasteiger partial charge in [-0.2, -0.15) is 0 Å². The van der Waals surface area contributed by atoms with Gasteiger partial charge in [-0.15, -0.1) is 10.2 Å². The van der Waals surface area contributed by atoms with Crippen LogP contribution in [0.15, 0.2) is 36.4 Å². The normalized spacial score (nSPS) is 19.1. The molecule has 2 aromatic rings. The van der Waals surface area contributed by atoms with E-state index in [1.165, 1.54) is 18.4 Å². The van der Waals surface area contributed by atoms with Crippen molar-refractivity contribution in [2.24, 2.45) is 7.05 Å². The van der Waals surface area contributed by atoms with Crippen LogP contribution in [0, 0.1) is 0 Å². The van der Waals surface area contributed by atoms with Crippen molar-refractivity contribution in [1.29, 1.82) is 0 Å². The summed E-state index contributed by atoms with van der Waals surface area (Å²) in [6.45, 7) is 4.05. The Hall–Kier alpha value is -1.98. The highest BCUT2D eigenvalue weighted by Gasteiger charge is 2.25. The summed E-state index contributed by atoms with van der Waals surface area (Å²) < 4.78 is 2.19. The Bertz CT molecular complexity index is 689. The van der Waals surface area contributed by atoms with Gasteiger partial charge in [0.1, 0.15) is 11.6 Å². The maximum absolute atomic E-state index is 4.50. The van der Waals surface area contributed by atoms with E-state index in [2.05, 4.69) is 88.2 Å². The summed E-state index contributed by atoms with van der Waals surface area (Å²) in [6, 6.07) is 10.5. The van der Waals surface area contributed by atoms with Crippen molar-refractivity contribution in [3.63, 3.8) is 0 Å². The van der Waals surface area contributed by atoms with Crippen molar-refractivity contribution in [1.82, 2.24) is 24.6 Å². The molecular formula is C20H29N5. The van der Waals surface area contributed by atoms with Gasteiger partial charge in [-0.1, -0.05) is 42.5 Å². The molecule has 1 aromatic carbocycles. The highest BCUT2D eigenvalue weighted by Crippen LogP contribution is 2.25. The molecule has 1 atom stereocenters. The van der Waals surface area contributed by atoms with Crippen LogP contribution in [0.1, 0.15) is 36.0 Å². The van der Waals surface area contributed by atoms with Gasteiger partial charge >= 0.3 is 0 Å². The van der Waals surface area contributed by atoms with Crippen LogP contribution in [-0.4, -0.2) is 58.3 Å². The van der Waals surface area contributed by atoms with Gasteiger partial charge in [0.25, 0.3) is 0 Å². The molecule has 134 valence electrons. The molecular weight excluding hydrogens is 310 g/mol. The third kappa shape index (κ3) is 4.77. The molecule has 1 aliphatic heterocycles. The second-order valence-corrected chi connectivity index (χ2v) is 7.18. The first-order valence-corrected chi connectivity index (χ1v) is 9.10. The molecule has 1 saturated heterocycles. The molecule has 0 aliphatic carbocycles. The maximum atomic E-state index is 4.50. The predicted octanol–water partition coefficient (Wildman–Crippen LogP) is 2.77. The van der Waals surface area contributed by atoms with Crippen molar-refractivity contribution in [3.8, 4) is 0 Å². The highest BCUT2D eigenvalue weighted by molar-refractivity contribution is 5.48. The van der Waals surface area contributed by atoms with Gasteiger partial charge < -0.3 is 9.47 Å². The predicted molar refractivity (Wildman–Crippen MR) is 102 cm³/mol. The molecule has 1 aliphatic rings. The number of likely N-dealkylation sites (tertiary alicyclic amines) is 1. The van der Waals surface area contributed by atoms with E-state index in [0.717, 1.165) is 37.8 Å². The fourth-order valence-corrected chi connectivity index (χ4v) is 3.49. The smallest absolute Gasteiger partial charge is 0.146 e. The minimum absolute atomic E-state index is 0.479. The van der Waals surface area contributed by atoms with Crippen molar-refractivity contribution < 1.29 is 0 Å². The number of benzene rings is 1. The fraction of sp³-hybridized carbons (Fsp3) is 0.500. The zero-order valence-electron chi connectivity index (χ0n) is 15.6. The lowest BCUT2D eigenvalue weighted by Gasteiger charge is -2.31. The molecule has 0 bridgehead atoms. The molecule has 0 radical (unpaired) electrons. The van der Waals surface area contributed by atoms with E-state index in [-0.39, 0.29) is 0 Å². The zero-order valence-corrected chi connectivity index (χ0v) is 15.6. The van der Waals surface area contributed by atoms with Gasteiger partial charge in [0, 0.05) is 26.1 Å². The lowest BCUT2D eigenvalue weighted by Crippen LogP contribution is -2.35. The van der Waals surface area contributed by atoms with Crippen LogP contribution in [0.4, 0.5) is 0 Å². The van der Waals surface area contributed by atoms with Gasteiger partial charge in [-0.3, -0.25) is 4.90 Å². The van der Waals surface area contributed by atoms with E-state index in [0.29, 0.717) is 5.92 Å². The number of hydrogen-bond donors (Lipinski definition) is 0. The molecule has 25 heavy (non-hydrogen) atoms. The molecule has 3 rings (SSSR count). The number of piperidine rings is 1. The van der Waals surface area contributed by atoms with Crippen LogP contribution in [0.25, 0.3) is 6.08 Å². The summed E-state index contributed by atoms with van der Waals surface area (Å²) in [5.41, 5.74) is 1.26. The van der Waals surface area contributed by atoms with E-state index in [9.17, 15) is 0 Å². The third-order valence-electron chi connectivity index (χ3n) is 4.80. The second kappa shape index (κ2) is 8.41. The Morgan fingerprint density at radius 2 is 2.00 bits per heavy atom. The largest absolute Gasteiger partial charge is 0.317 e.